The quantitative estimate of drug-likeness (QED) is 0.783. The van der Waals surface area contributed by atoms with Crippen LogP contribution in [0.4, 0.5) is 4.39 Å². The Morgan fingerprint density at radius 1 is 1.24 bits per heavy atom. The van der Waals surface area contributed by atoms with Crippen LogP contribution in [0, 0.1) is 11.7 Å². The van der Waals surface area contributed by atoms with Crippen LogP contribution in [-0.4, -0.2) is 11.9 Å². The first-order valence-electron chi connectivity index (χ1n) is 8.13. The first-order chi connectivity index (χ1) is 12.0. The lowest BCUT2D eigenvalue weighted by Gasteiger charge is -2.15. The highest BCUT2D eigenvalue weighted by Crippen LogP contribution is 2.26. The molecule has 1 amide bonds. The molecule has 25 heavy (non-hydrogen) atoms. The minimum atomic E-state index is -0.457. The van der Waals surface area contributed by atoms with Gasteiger partial charge in [-0.25, -0.2) is 4.39 Å². The van der Waals surface area contributed by atoms with Crippen LogP contribution in [-0.2, 0) is 22.6 Å². The molecule has 0 bridgehead atoms. The molecular weight excluding hydrogens is 341 g/mol. The molecule has 0 aromatic heterocycles. The zero-order valence-electron chi connectivity index (χ0n) is 13.7. The van der Waals surface area contributed by atoms with Gasteiger partial charge in [0.1, 0.15) is 18.2 Å². The number of ether oxygens (including phenoxy) is 1. The molecule has 0 unspecified atom stereocenters. The molecular formula is C20H19ClFNO2. The van der Waals surface area contributed by atoms with Crippen LogP contribution < -0.4 is 5.32 Å². The lowest BCUT2D eigenvalue weighted by atomic mass is 9.96. The number of amides is 1. The van der Waals surface area contributed by atoms with Crippen molar-refractivity contribution < 1.29 is 13.9 Å². The fourth-order valence-electron chi connectivity index (χ4n) is 2.93. The van der Waals surface area contributed by atoms with E-state index in [-0.39, 0.29) is 22.9 Å². The second-order valence-corrected chi connectivity index (χ2v) is 6.59. The Morgan fingerprint density at radius 3 is 2.72 bits per heavy atom. The van der Waals surface area contributed by atoms with Crippen LogP contribution in [0.1, 0.15) is 17.5 Å². The van der Waals surface area contributed by atoms with Crippen LogP contribution in [0.3, 0.4) is 0 Å². The second-order valence-electron chi connectivity index (χ2n) is 6.19. The Morgan fingerprint density at radius 2 is 2.00 bits per heavy atom. The van der Waals surface area contributed by atoms with Gasteiger partial charge in [-0.1, -0.05) is 54.6 Å². The van der Waals surface area contributed by atoms with E-state index in [0.717, 1.165) is 11.1 Å². The highest BCUT2D eigenvalue weighted by Gasteiger charge is 2.34. The highest BCUT2D eigenvalue weighted by molar-refractivity contribution is 6.30. The fraction of sp³-hybridized carbons (Fsp3) is 0.250. The van der Waals surface area contributed by atoms with E-state index in [1.54, 1.807) is 12.1 Å². The summed E-state index contributed by atoms with van der Waals surface area (Å²) in [5.74, 6) is -0.155. The Bertz CT molecular complexity index is 779. The summed E-state index contributed by atoms with van der Waals surface area (Å²) in [5.41, 5.74) is 1.88. The zero-order valence-corrected chi connectivity index (χ0v) is 14.4. The van der Waals surface area contributed by atoms with Crippen molar-refractivity contribution in [3.05, 3.63) is 82.8 Å². The highest BCUT2D eigenvalue weighted by atomic mass is 35.5. The molecule has 130 valence electrons. The second kappa shape index (κ2) is 7.70. The summed E-state index contributed by atoms with van der Waals surface area (Å²) in [7, 11) is 0. The van der Waals surface area contributed by atoms with Crippen molar-refractivity contribution in [2.45, 2.75) is 25.5 Å². The van der Waals surface area contributed by atoms with Gasteiger partial charge >= 0.3 is 0 Å². The van der Waals surface area contributed by atoms with Gasteiger partial charge in [-0.2, -0.15) is 0 Å². The molecule has 0 saturated carbocycles. The van der Waals surface area contributed by atoms with E-state index in [1.165, 1.54) is 6.07 Å². The molecule has 1 heterocycles. The largest absolute Gasteiger partial charge is 0.492 e. The van der Waals surface area contributed by atoms with Crippen molar-refractivity contribution in [2.24, 2.45) is 5.92 Å². The number of benzene rings is 2. The summed E-state index contributed by atoms with van der Waals surface area (Å²) in [6.07, 6.45) is 1.11. The Hall–Kier alpha value is -2.33. The van der Waals surface area contributed by atoms with Gasteiger partial charge in [-0.15, -0.1) is 0 Å². The third-order valence-electron chi connectivity index (χ3n) is 4.33. The standard InChI is InChI=1S/C20H19ClFNO2/c1-13(25-12-14-5-3-2-4-6-14)19-11-16(20(24)23-19)9-15-7-8-18(22)17(21)10-15/h2-8,10,16,19H,1,9,11-12H2,(H,23,24)/t16-,19+/m0/s1. The number of hydrogen-bond donors (Lipinski definition) is 1. The predicted octanol–water partition coefficient (Wildman–Crippen LogP) is 4.26. The summed E-state index contributed by atoms with van der Waals surface area (Å²) in [6.45, 7) is 4.37. The minimum absolute atomic E-state index is 0.0464. The first kappa shape index (κ1) is 17.5. The molecule has 1 N–H and O–H groups in total. The molecule has 2 aromatic rings. The zero-order chi connectivity index (χ0) is 17.8. The molecule has 2 atom stereocenters. The van der Waals surface area contributed by atoms with Crippen molar-refractivity contribution in [3.63, 3.8) is 0 Å². The van der Waals surface area contributed by atoms with E-state index < -0.39 is 5.82 Å². The van der Waals surface area contributed by atoms with Gasteiger partial charge in [-0.05, 0) is 36.1 Å². The number of carbonyl (C=O) groups excluding carboxylic acids is 1. The van der Waals surface area contributed by atoms with Gasteiger partial charge in [-0.3, -0.25) is 4.79 Å². The number of halogens is 2. The smallest absolute Gasteiger partial charge is 0.224 e. The van der Waals surface area contributed by atoms with Crippen LogP contribution in [0.25, 0.3) is 0 Å². The predicted molar refractivity (Wildman–Crippen MR) is 95.5 cm³/mol. The topological polar surface area (TPSA) is 38.3 Å². The van der Waals surface area contributed by atoms with Crippen LogP contribution in [0.2, 0.25) is 5.02 Å². The fourth-order valence-corrected chi connectivity index (χ4v) is 3.13. The molecule has 1 saturated heterocycles. The van der Waals surface area contributed by atoms with E-state index in [9.17, 15) is 9.18 Å². The van der Waals surface area contributed by atoms with Crippen LogP contribution >= 0.6 is 11.6 Å². The Labute approximate surface area is 151 Å². The van der Waals surface area contributed by atoms with Crippen molar-refractivity contribution in [3.8, 4) is 0 Å². The summed E-state index contributed by atoms with van der Waals surface area (Å²) in [4.78, 5) is 12.2. The SMILES string of the molecule is C=C(OCc1ccccc1)[C@H]1C[C@H](Cc2ccc(F)c(Cl)c2)C(=O)N1. The maximum Gasteiger partial charge on any atom is 0.224 e. The third-order valence-corrected chi connectivity index (χ3v) is 4.62. The van der Waals surface area contributed by atoms with Gasteiger partial charge in [0.2, 0.25) is 5.91 Å². The van der Waals surface area contributed by atoms with Crippen LogP contribution in [0.5, 0.6) is 0 Å². The Kier molecular flexibility index (Phi) is 5.39. The van der Waals surface area contributed by atoms with E-state index in [2.05, 4.69) is 11.9 Å². The molecule has 0 aliphatic carbocycles. The average Bonchev–Trinajstić information content (AvgIpc) is 2.98. The molecule has 1 aliphatic heterocycles. The third kappa shape index (κ3) is 4.40. The molecule has 5 heteroatoms. The average molecular weight is 360 g/mol. The maximum atomic E-state index is 13.2. The van der Waals surface area contributed by atoms with E-state index in [4.69, 9.17) is 16.3 Å². The normalized spacial score (nSPS) is 19.5. The number of nitrogens with one attached hydrogen (secondary N) is 1. The van der Waals surface area contributed by atoms with Gasteiger partial charge in [0.15, 0.2) is 0 Å². The summed E-state index contributed by atoms with van der Waals surface area (Å²) in [5, 5.41) is 2.99. The van der Waals surface area contributed by atoms with E-state index in [1.807, 2.05) is 30.3 Å². The summed E-state index contributed by atoms with van der Waals surface area (Å²) < 4.78 is 19.0. The van der Waals surface area contributed by atoms with Crippen molar-refractivity contribution in [2.75, 3.05) is 0 Å². The van der Waals surface area contributed by atoms with Gasteiger partial charge in [0.05, 0.1) is 11.1 Å². The monoisotopic (exact) mass is 359 g/mol. The molecule has 1 fully saturated rings. The number of hydrogen-bond acceptors (Lipinski definition) is 2. The molecule has 3 rings (SSSR count). The lowest BCUT2D eigenvalue weighted by Crippen LogP contribution is -2.28. The van der Waals surface area contributed by atoms with E-state index >= 15 is 0 Å². The van der Waals surface area contributed by atoms with Crippen molar-refractivity contribution >= 4 is 17.5 Å². The Balaban J connectivity index is 1.56. The molecule has 3 nitrogen and oxygen atoms in total. The summed E-state index contributed by atoms with van der Waals surface area (Å²) >= 11 is 5.80. The molecule has 2 aromatic carbocycles. The number of carbonyl (C=O) groups is 1. The first-order valence-corrected chi connectivity index (χ1v) is 8.50. The number of rotatable bonds is 6. The minimum Gasteiger partial charge on any atom is -0.492 e. The molecule has 1 aliphatic rings. The molecule has 0 radical (unpaired) electrons. The molecule has 0 spiro atoms. The van der Waals surface area contributed by atoms with Gasteiger partial charge < -0.3 is 10.1 Å². The maximum absolute atomic E-state index is 13.2. The lowest BCUT2D eigenvalue weighted by molar-refractivity contribution is -0.122. The van der Waals surface area contributed by atoms with Gasteiger partial charge in [0.25, 0.3) is 0 Å². The van der Waals surface area contributed by atoms with E-state index in [0.29, 0.717) is 25.2 Å². The van der Waals surface area contributed by atoms with Gasteiger partial charge in [0, 0.05) is 5.92 Å². The van der Waals surface area contributed by atoms with Crippen molar-refractivity contribution in [1.29, 1.82) is 0 Å². The van der Waals surface area contributed by atoms with Crippen LogP contribution in [0.15, 0.2) is 60.9 Å². The summed E-state index contributed by atoms with van der Waals surface area (Å²) in [6, 6.07) is 14.1. The van der Waals surface area contributed by atoms with Crippen molar-refractivity contribution in [1.82, 2.24) is 5.32 Å².